The van der Waals surface area contributed by atoms with Gasteiger partial charge in [-0.05, 0) is 48.6 Å². The Morgan fingerprint density at radius 3 is 2.71 bits per heavy atom. The second-order valence-electron chi connectivity index (χ2n) is 4.01. The number of thiocarbonyl (C=S) groups is 1. The maximum atomic E-state index is 11.7. The SMILES string of the molecule is C=CCOc1ccc(NC(=S)NC(=O)c2ccco2)cc1. The summed E-state index contributed by atoms with van der Waals surface area (Å²) in [4.78, 5) is 11.7. The number of furan rings is 1. The summed E-state index contributed by atoms with van der Waals surface area (Å²) in [7, 11) is 0. The number of anilines is 1. The molecule has 0 fully saturated rings. The van der Waals surface area contributed by atoms with Crippen LogP contribution in [0.3, 0.4) is 0 Å². The van der Waals surface area contributed by atoms with Gasteiger partial charge < -0.3 is 14.5 Å². The number of hydrogen-bond acceptors (Lipinski definition) is 4. The number of benzene rings is 1. The third kappa shape index (κ3) is 4.47. The summed E-state index contributed by atoms with van der Waals surface area (Å²) in [6.07, 6.45) is 3.10. The zero-order chi connectivity index (χ0) is 15.1. The van der Waals surface area contributed by atoms with E-state index in [1.807, 2.05) is 0 Å². The molecule has 5 nitrogen and oxygen atoms in total. The zero-order valence-electron chi connectivity index (χ0n) is 11.2. The van der Waals surface area contributed by atoms with E-state index in [1.165, 1.54) is 6.26 Å². The molecule has 0 spiro atoms. The molecule has 1 aromatic carbocycles. The van der Waals surface area contributed by atoms with Crippen LogP contribution in [0.15, 0.2) is 59.7 Å². The monoisotopic (exact) mass is 302 g/mol. The van der Waals surface area contributed by atoms with Crippen molar-refractivity contribution in [2.75, 3.05) is 11.9 Å². The lowest BCUT2D eigenvalue weighted by atomic mass is 10.3. The fourth-order valence-electron chi connectivity index (χ4n) is 1.52. The zero-order valence-corrected chi connectivity index (χ0v) is 12.0. The topological polar surface area (TPSA) is 63.5 Å². The minimum atomic E-state index is -0.400. The summed E-state index contributed by atoms with van der Waals surface area (Å²) in [6, 6.07) is 10.4. The molecule has 1 aromatic heterocycles. The molecule has 0 saturated carbocycles. The Morgan fingerprint density at radius 1 is 1.33 bits per heavy atom. The standard InChI is InChI=1S/C15H14N2O3S/c1-2-9-19-12-7-5-11(6-8-12)16-15(21)17-14(18)13-4-3-10-20-13/h2-8,10H,1,9H2,(H2,16,17,18,21). The Morgan fingerprint density at radius 2 is 2.10 bits per heavy atom. The van der Waals surface area contributed by atoms with Gasteiger partial charge in [0.1, 0.15) is 12.4 Å². The van der Waals surface area contributed by atoms with Crippen molar-refractivity contribution < 1.29 is 13.9 Å². The summed E-state index contributed by atoms with van der Waals surface area (Å²) in [5.41, 5.74) is 0.741. The maximum absolute atomic E-state index is 11.7. The van der Waals surface area contributed by atoms with Crippen molar-refractivity contribution in [3.8, 4) is 5.75 Å². The van der Waals surface area contributed by atoms with Gasteiger partial charge >= 0.3 is 0 Å². The van der Waals surface area contributed by atoms with E-state index in [1.54, 1.807) is 42.5 Å². The van der Waals surface area contributed by atoms with Gasteiger partial charge in [0, 0.05) is 5.69 Å². The van der Waals surface area contributed by atoms with E-state index in [-0.39, 0.29) is 10.9 Å². The first kappa shape index (κ1) is 14.8. The summed E-state index contributed by atoms with van der Waals surface area (Å²) in [6.45, 7) is 4.03. The highest BCUT2D eigenvalue weighted by atomic mass is 32.1. The molecule has 0 bridgehead atoms. The molecule has 2 rings (SSSR count). The van der Waals surface area contributed by atoms with Crippen LogP contribution in [0, 0.1) is 0 Å². The van der Waals surface area contributed by atoms with Crippen molar-refractivity contribution in [2.24, 2.45) is 0 Å². The Bertz CT molecular complexity index is 621. The summed E-state index contributed by atoms with van der Waals surface area (Å²) < 4.78 is 10.3. The third-order valence-electron chi connectivity index (χ3n) is 2.45. The van der Waals surface area contributed by atoms with Crippen LogP contribution >= 0.6 is 12.2 Å². The molecular weight excluding hydrogens is 288 g/mol. The normalized spacial score (nSPS) is 9.71. The highest BCUT2D eigenvalue weighted by Crippen LogP contribution is 2.15. The van der Waals surface area contributed by atoms with Crippen molar-refractivity contribution in [3.05, 3.63) is 61.1 Å². The highest BCUT2D eigenvalue weighted by Gasteiger charge is 2.10. The van der Waals surface area contributed by atoms with E-state index >= 15 is 0 Å². The molecule has 0 radical (unpaired) electrons. The average molecular weight is 302 g/mol. The first-order chi connectivity index (χ1) is 10.2. The summed E-state index contributed by atoms with van der Waals surface area (Å²) in [5, 5.41) is 5.61. The fourth-order valence-corrected chi connectivity index (χ4v) is 1.74. The molecule has 6 heteroatoms. The van der Waals surface area contributed by atoms with Crippen molar-refractivity contribution in [1.82, 2.24) is 5.32 Å². The molecule has 0 unspecified atom stereocenters. The van der Waals surface area contributed by atoms with Crippen LogP contribution in [0.5, 0.6) is 5.75 Å². The predicted octanol–water partition coefficient (Wildman–Crippen LogP) is 2.97. The molecular formula is C15H14N2O3S. The lowest BCUT2D eigenvalue weighted by Crippen LogP contribution is -2.33. The molecule has 0 atom stereocenters. The van der Waals surface area contributed by atoms with Crippen LogP contribution in [0.2, 0.25) is 0 Å². The van der Waals surface area contributed by atoms with Crippen molar-refractivity contribution in [2.45, 2.75) is 0 Å². The first-order valence-electron chi connectivity index (χ1n) is 6.18. The number of ether oxygens (including phenoxy) is 1. The predicted molar refractivity (Wildman–Crippen MR) is 84.5 cm³/mol. The molecule has 2 N–H and O–H groups in total. The molecule has 1 amide bonds. The highest BCUT2D eigenvalue weighted by molar-refractivity contribution is 7.80. The Kier molecular flexibility index (Phi) is 5.11. The van der Waals surface area contributed by atoms with E-state index in [9.17, 15) is 4.79 Å². The molecule has 2 aromatic rings. The molecule has 0 aliphatic carbocycles. The van der Waals surface area contributed by atoms with Gasteiger partial charge in [-0.15, -0.1) is 0 Å². The number of nitrogens with one attached hydrogen (secondary N) is 2. The van der Waals surface area contributed by atoms with Crippen molar-refractivity contribution in [3.63, 3.8) is 0 Å². The molecule has 0 aliphatic rings. The lowest BCUT2D eigenvalue weighted by molar-refractivity contribution is 0.0950. The van der Waals surface area contributed by atoms with Gasteiger partial charge in [-0.2, -0.15) is 0 Å². The number of rotatable bonds is 5. The summed E-state index contributed by atoms with van der Waals surface area (Å²) >= 11 is 5.06. The van der Waals surface area contributed by atoms with Gasteiger partial charge in [0.2, 0.25) is 0 Å². The van der Waals surface area contributed by atoms with Crippen LogP contribution in [-0.4, -0.2) is 17.6 Å². The summed E-state index contributed by atoms with van der Waals surface area (Å²) in [5.74, 6) is 0.529. The number of amides is 1. The second kappa shape index (κ2) is 7.25. The molecule has 108 valence electrons. The molecule has 0 saturated heterocycles. The minimum absolute atomic E-state index is 0.191. The van der Waals surface area contributed by atoms with Gasteiger partial charge in [0.15, 0.2) is 10.9 Å². The van der Waals surface area contributed by atoms with Gasteiger partial charge in [-0.1, -0.05) is 12.7 Å². The average Bonchev–Trinajstić information content (AvgIpc) is 3.01. The van der Waals surface area contributed by atoms with Gasteiger partial charge in [-0.3, -0.25) is 10.1 Å². The lowest BCUT2D eigenvalue weighted by Gasteiger charge is -2.09. The van der Waals surface area contributed by atoms with Gasteiger partial charge in [-0.25, -0.2) is 0 Å². The Labute approximate surface area is 127 Å². The van der Waals surface area contributed by atoms with Crippen LogP contribution in [0.4, 0.5) is 5.69 Å². The van der Waals surface area contributed by atoms with Gasteiger partial charge in [0.25, 0.3) is 5.91 Å². The largest absolute Gasteiger partial charge is 0.490 e. The number of hydrogen-bond donors (Lipinski definition) is 2. The maximum Gasteiger partial charge on any atom is 0.293 e. The smallest absolute Gasteiger partial charge is 0.293 e. The van der Waals surface area contributed by atoms with E-state index in [4.69, 9.17) is 21.4 Å². The Hall–Kier alpha value is -2.60. The third-order valence-corrected chi connectivity index (χ3v) is 2.66. The van der Waals surface area contributed by atoms with Crippen LogP contribution in [0.1, 0.15) is 10.6 Å². The molecule has 21 heavy (non-hydrogen) atoms. The minimum Gasteiger partial charge on any atom is -0.490 e. The van der Waals surface area contributed by atoms with Crippen molar-refractivity contribution >= 4 is 28.9 Å². The second-order valence-corrected chi connectivity index (χ2v) is 4.42. The van der Waals surface area contributed by atoms with Crippen LogP contribution in [-0.2, 0) is 0 Å². The van der Waals surface area contributed by atoms with Gasteiger partial charge in [0.05, 0.1) is 6.26 Å². The molecule has 1 heterocycles. The fraction of sp³-hybridized carbons (Fsp3) is 0.0667. The molecule has 0 aliphatic heterocycles. The van der Waals surface area contributed by atoms with Crippen LogP contribution < -0.4 is 15.4 Å². The number of carbonyl (C=O) groups excluding carboxylic acids is 1. The van der Waals surface area contributed by atoms with Crippen molar-refractivity contribution in [1.29, 1.82) is 0 Å². The quantitative estimate of drug-likeness (QED) is 0.657. The Balaban J connectivity index is 1.87. The van der Waals surface area contributed by atoms with E-state index in [0.717, 1.165) is 11.4 Å². The van der Waals surface area contributed by atoms with E-state index in [2.05, 4.69) is 17.2 Å². The first-order valence-corrected chi connectivity index (χ1v) is 6.59. The van der Waals surface area contributed by atoms with Crippen LogP contribution in [0.25, 0.3) is 0 Å². The van der Waals surface area contributed by atoms with E-state index in [0.29, 0.717) is 6.61 Å². The number of carbonyl (C=O) groups is 1. The van der Waals surface area contributed by atoms with E-state index < -0.39 is 5.91 Å².